The summed E-state index contributed by atoms with van der Waals surface area (Å²) in [5.74, 6) is -4.12. The number of fused-ring (bicyclic) bond motifs is 1. The predicted molar refractivity (Wildman–Crippen MR) is 161 cm³/mol. The largest absolute Gasteiger partial charge is 0.480 e. The lowest BCUT2D eigenvalue weighted by atomic mass is 10.0. The van der Waals surface area contributed by atoms with Crippen LogP contribution in [0.2, 0.25) is 0 Å². The van der Waals surface area contributed by atoms with Crippen molar-refractivity contribution in [2.75, 3.05) is 6.54 Å². The summed E-state index contributed by atoms with van der Waals surface area (Å²) in [5.41, 5.74) is 23.6. The molecule has 0 aliphatic rings. The molecule has 0 bridgehead atoms. The van der Waals surface area contributed by atoms with Crippen LogP contribution < -0.4 is 38.9 Å². The maximum Gasteiger partial charge on any atom is 0.326 e. The van der Waals surface area contributed by atoms with Gasteiger partial charge in [-0.3, -0.25) is 24.2 Å². The summed E-state index contributed by atoms with van der Waals surface area (Å²) < 4.78 is 0. The number of aromatic amines is 1. The van der Waals surface area contributed by atoms with Crippen LogP contribution in [0.4, 0.5) is 0 Å². The minimum Gasteiger partial charge on any atom is -0.480 e. The molecule has 13 N–H and O–H groups in total. The van der Waals surface area contributed by atoms with E-state index in [1.54, 1.807) is 6.20 Å². The van der Waals surface area contributed by atoms with E-state index in [-0.39, 0.29) is 50.5 Å². The van der Waals surface area contributed by atoms with E-state index >= 15 is 0 Å². The number of primary amides is 1. The second-order valence-electron chi connectivity index (χ2n) is 10.8. The van der Waals surface area contributed by atoms with Gasteiger partial charge in [-0.2, -0.15) is 0 Å². The number of aliphatic imine (C=N–C) groups is 1. The average Bonchev–Trinajstić information content (AvgIpc) is 3.33. The van der Waals surface area contributed by atoms with Crippen LogP contribution in [0, 0.1) is 5.92 Å². The lowest BCUT2D eigenvalue weighted by molar-refractivity contribution is -0.142. The Morgan fingerprint density at radius 1 is 0.907 bits per heavy atom. The number of carbonyl (C=O) groups is 5. The number of rotatable bonds is 18. The zero-order valence-corrected chi connectivity index (χ0v) is 24.5. The minimum absolute atomic E-state index is 0.0388. The molecular formula is C28H43N9O6. The Labute approximate surface area is 249 Å². The number of H-pyrrole nitrogens is 1. The first kappa shape index (κ1) is 34.5. The topological polar surface area (TPSA) is 274 Å². The molecule has 0 saturated carbocycles. The van der Waals surface area contributed by atoms with Gasteiger partial charge in [-0.25, -0.2) is 4.79 Å². The lowest BCUT2D eigenvalue weighted by Gasteiger charge is -2.25. The molecular weight excluding hydrogens is 558 g/mol. The molecule has 2 rings (SSSR count). The zero-order chi connectivity index (χ0) is 32.1. The van der Waals surface area contributed by atoms with Gasteiger partial charge in [0.25, 0.3) is 0 Å². The van der Waals surface area contributed by atoms with Crippen molar-refractivity contribution in [3.8, 4) is 0 Å². The molecule has 1 aromatic carbocycles. The van der Waals surface area contributed by atoms with Gasteiger partial charge in [0.2, 0.25) is 23.6 Å². The Morgan fingerprint density at radius 2 is 1.53 bits per heavy atom. The Hall–Kier alpha value is -4.66. The molecule has 15 heteroatoms. The van der Waals surface area contributed by atoms with Crippen LogP contribution in [0.25, 0.3) is 10.9 Å². The van der Waals surface area contributed by atoms with Gasteiger partial charge in [-0.15, -0.1) is 0 Å². The Balaban J connectivity index is 2.32. The monoisotopic (exact) mass is 601 g/mol. The molecule has 1 aromatic heterocycles. The third kappa shape index (κ3) is 11.6. The molecule has 0 aliphatic heterocycles. The molecule has 1 heterocycles. The third-order valence-corrected chi connectivity index (χ3v) is 6.67. The second kappa shape index (κ2) is 16.7. The number of carboxylic acid groups (broad SMARTS) is 1. The molecule has 4 atom stereocenters. The van der Waals surface area contributed by atoms with Crippen LogP contribution in [0.1, 0.15) is 51.5 Å². The van der Waals surface area contributed by atoms with E-state index in [1.807, 2.05) is 38.1 Å². The van der Waals surface area contributed by atoms with Gasteiger partial charge in [0.05, 0.1) is 6.04 Å². The molecule has 0 radical (unpaired) electrons. The van der Waals surface area contributed by atoms with Crippen LogP contribution in [0.15, 0.2) is 35.5 Å². The highest BCUT2D eigenvalue weighted by Crippen LogP contribution is 2.19. The number of nitrogens with two attached hydrogens (primary N) is 4. The van der Waals surface area contributed by atoms with Gasteiger partial charge >= 0.3 is 5.97 Å². The first-order valence-corrected chi connectivity index (χ1v) is 14.1. The summed E-state index contributed by atoms with van der Waals surface area (Å²) in [4.78, 5) is 69.8. The molecule has 4 unspecified atom stereocenters. The van der Waals surface area contributed by atoms with Crippen LogP contribution in [0.3, 0.4) is 0 Å². The van der Waals surface area contributed by atoms with E-state index in [9.17, 15) is 29.1 Å². The molecule has 15 nitrogen and oxygen atoms in total. The number of hydrogen-bond acceptors (Lipinski definition) is 7. The molecule has 0 fully saturated rings. The molecule has 0 spiro atoms. The first-order chi connectivity index (χ1) is 20.3. The summed E-state index contributed by atoms with van der Waals surface area (Å²) >= 11 is 0. The van der Waals surface area contributed by atoms with Crippen LogP contribution in [-0.4, -0.2) is 76.4 Å². The number of aromatic nitrogens is 1. The molecule has 0 aliphatic carbocycles. The summed E-state index contributed by atoms with van der Waals surface area (Å²) in [6.45, 7) is 3.98. The highest BCUT2D eigenvalue weighted by molar-refractivity contribution is 5.95. The molecule has 4 amide bonds. The second-order valence-corrected chi connectivity index (χ2v) is 10.8. The van der Waals surface area contributed by atoms with E-state index in [0.717, 1.165) is 16.5 Å². The van der Waals surface area contributed by atoms with Crippen LogP contribution in [-0.2, 0) is 30.4 Å². The SMILES string of the molecule is CC(C)CC(N)C(=O)NC(Cc1c[nH]c2ccccc12)C(=O)NC(CCCN=C(N)N)C(=O)NC(CCC(N)=O)C(=O)O. The van der Waals surface area contributed by atoms with Crippen molar-refractivity contribution >= 4 is 46.5 Å². The molecule has 2 aromatic rings. The Morgan fingerprint density at radius 3 is 2.16 bits per heavy atom. The predicted octanol–water partition coefficient (Wildman–Crippen LogP) is -1.06. The van der Waals surface area contributed by atoms with Crippen molar-refractivity contribution in [2.24, 2.45) is 33.8 Å². The third-order valence-electron chi connectivity index (χ3n) is 6.67. The summed E-state index contributed by atoms with van der Waals surface area (Å²) in [6.07, 6.45) is 2.00. The van der Waals surface area contributed by atoms with E-state index < -0.39 is 53.8 Å². The number of carboxylic acids is 1. The Kier molecular flexibility index (Phi) is 13.4. The molecule has 236 valence electrons. The maximum atomic E-state index is 13.7. The normalized spacial score (nSPS) is 13.9. The highest BCUT2D eigenvalue weighted by atomic mass is 16.4. The van der Waals surface area contributed by atoms with Gasteiger partial charge in [-0.1, -0.05) is 32.0 Å². The smallest absolute Gasteiger partial charge is 0.326 e. The summed E-state index contributed by atoms with van der Waals surface area (Å²) in [6, 6.07) is 2.83. The van der Waals surface area contributed by atoms with Crippen molar-refractivity contribution in [1.82, 2.24) is 20.9 Å². The van der Waals surface area contributed by atoms with Gasteiger partial charge in [0.15, 0.2) is 5.96 Å². The maximum absolute atomic E-state index is 13.7. The molecule has 43 heavy (non-hydrogen) atoms. The zero-order valence-electron chi connectivity index (χ0n) is 24.5. The highest BCUT2D eigenvalue weighted by Gasteiger charge is 2.31. The number of hydrogen-bond donors (Lipinski definition) is 9. The number of amides is 4. The van der Waals surface area contributed by atoms with Crippen LogP contribution in [0.5, 0.6) is 0 Å². The molecule has 0 saturated heterocycles. The van der Waals surface area contributed by atoms with E-state index in [0.29, 0.717) is 6.42 Å². The van der Waals surface area contributed by atoms with Gasteiger partial charge in [0, 0.05) is 36.5 Å². The number of guanidine groups is 1. The van der Waals surface area contributed by atoms with E-state index in [4.69, 9.17) is 22.9 Å². The summed E-state index contributed by atoms with van der Waals surface area (Å²) in [7, 11) is 0. The number of carbonyl (C=O) groups excluding carboxylic acids is 4. The van der Waals surface area contributed by atoms with Crippen molar-refractivity contribution in [1.29, 1.82) is 0 Å². The van der Waals surface area contributed by atoms with Crippen molar-refractivity contribution in [2.45, 2.75) is 76.5 Å². The first-order valence-electron chi connectivity index (χ1n) is 14.1. The van der Waals surface area contributed by atoms with Crippen molar-refractivity contribution < 1.29 is 29.1 Å². The number of benzene rings is 1. The lowest BCUT2D eigenvalue weighted by Crippen LogP contribution is -2.57. The van der Waals surface area contributed by atoms with E-state index in [1.165, 1.54) is 0 Å². The quantitative estimate of drug-likeness (QED) is 0.0571. The van der Waals surface area contributed by atoms with Gasteiger partial charge < -0.3 is 49.0 Å². The Bertz CT molecular complexity index is 1300. The number of para-hydroxylation sites is 1. The minimum atomic E-state index is -1.42. The van der Waals surface area contributed by atoms with Gasteiger partial charge in [0.1, 0.15) is 18.1 Å². The fourth-order valence-electron chi connectivity index (χ4n) is 4.48. The fourth-order valence-corrected chi connectivity index (χ4v) is 4.48. The summed E-state index contributed by atoms with van der Waals surface area (Å²) in [5, 5.41) is 18.1. The van der Waals surface area contributed by atoms with Crippen molar-refractivity contribution in [3.63, 3.8) is 0 Å². The fraction of sp³-hybridized carbons (Fsp3) is 0.500. The van der Waals surface area contributed by atoms with E-state index in [2.05, 4.69) is 25.9 Å². The number of nitrogens with zero attached hydrogens (tertiary/aromatic N) is 1. The van der Waals surface area contributed by atoms with Crippen LogP contribution >= 0.6 is 0 Å². The number of aliphatic carboxylic acids is 1. The number of nitrogens with one attached hydrogen (secondary N) is 4. The average molecular weight is 602 g/mol. The van der Waals surface area contributed by atoms with Gasteiger partial charge in [-0.05, 0) is 43.2 Å². The van der Waals surface area contributed by atoms with Crippen molar-refractivity contribution in [3.05, 3.63) is 36.0 Å². The standard InChI is InChI=1S/C28H43N9O6/c1-15(2)12-18(29)24(39)37-22(13-16-14-34-19-7-4-3-6-17(16)19)26(41)35-20(8-5-11-33-28(31)32)25(40)36-21(27(42)43)9-10-23(30)38/h3-4,6-7,14-15,18,20-22,34H,5,8-13,29H2,1-2H3,(H2,30,38)(H,35,41)(H,36,40)(H,37,39)(H,42,43)(H4,31,32,33).